The second-order valence-corrected chi connectivity index (χ2v) is 4.77. The molecule has 0 aromatic heterocycles. The van der Waals surface area contributed by atoms with Crippen molar-refractivity contribution in [2.75, 3.05) is 7.11 Å². The fraction of sp³-hybridized carbons (Fsp3) is 0.500. The number of carbonyl (C=O) groups excluding carboxylic acids is 2. The second-order valence-electron chi connectivity index (χ2n) is 4.77. The van der Waals surface area contributed by atoms with Crippen LogP contribution >= 0.6 is 0 Å². The highest BCUT2D eigenvalue weighted by molar-refractivity contribution is 5.89. The molecule has 116 valence electrons. The molecular formula is C14H20N2O5. The van der Waals surface area contributed by atoms with Crippen LogP contribution in [0.1, 0.15) is 25.7 Å². The highest BCUT2D eigenvalue weighted by Crippen LogP contribution is 2.17. The lowest BCUT2D eigenvalue weighted by Gasteiger charge is -2.20. The summed E-state index contributed by atoms with van der Waals surface area (Å²) in [7, 11) is 1.23. The lowest BCUT2D eigenvalue weighted by atomic mass is 9.98. The average molecular weight is 296 g/mol. The standard InChI is InChI=1S/C14H20N2O5/c1-21-14(20)11(7-9-5-3-2-4-6-9)16-13(19)10(15)8-12(17)18/h2-3,6,10-11H,4-5,7-8,15H2,1H3,(H,16,19)(H,17,18)/t10-,11?/m0/s1. The van der Waals surface area contributed by atoms with E-state index < -0.39 is 36.4 Å². The fourth-order valence-electron chi connectivity index (χ4n) is 1.97. The molecule has 0 heterocycles. The molecule has 0 radical (unpaired) electrons. The Labute approximate surface area is 122 Å². The molecular weight excluding hydrogens is 276 g/mol. The Morgan fingerprint density at radius 2 is 2.14 bits per heavy atom. The zero-order chi connectivity index (χ0) is 15.8. The van der Waals surface area contributed by atoms with Gasteiger partial charge in [0.1, 0.15) is 6.04 Å². The van der Waals surface area contributed by atoms with E-state index in [0.29, 0.717) is 12.8 Å². The van der Waals surface area contributed by atoms with Crippen molar-refractivity contribution in [3.05, 3.63) is 23.8 Å². The number of hydrogen-bond donors (Lipinski definition) is 3. The Hall–Kier alpha value is -2.15. The largest absolute Gasteiger partial charge is 0.481 e. The Bertz CT molecular complexity index is 470. The average Bonchev–Trinajstić information content (AvgIpc) is 2.46. The van der Waals surface area contributed by atoms with E-state index in [0.717, 1.165) is 12.0 Å². The van der Waals surface area contributed by atoms with Crippen molar-refractivity contribution in [1.29, 1.82) is 0 Å². The first-order valence-electron chi connectivity index (χ1n) is 6.62. The summed E-state index contributed by atoms with van der Waals surface area (Å²) in [4.78, 5) is 34.1. The maximum atomic E-state index is 11.8. The number of carboxylic acid groups (broad SMARTS) is 1. The summed E-state index contributed by atoms with van der Waals surface area (Å²) in [6, 6.07) is -2.06. The van der Waals surface area contributed by atoms with Gasteiger partial charge in [-0.05, 0) is 19.3 Å². The van der Waals surface area contributed by atoms with Crippen LogP contribution in [0.25, 0.3) is 0 Å². The third kappa shape index (κ3) is 5.78. The molecule has 7 heteroatoms. The topological polar surface area (TPSA) is 119 Å². The first-order valence-corrected chi connectivity index (χ1v) is 6.62. The summed E-state index contributed by atoms with van der Waals surface area (Å²) in [5.74, 6) is -2.44. The number of allylic oxidation sites excluding steroid dienone is 3. The number of carbonyl (C=O) groups is 3. The maximum Gasteiger partial charge on any atom is 0.328 e. The van der Waals surface area contributed by atoms with Gasteiger partial charge >= 0.3 is 11.9 Å². The monoisotopic (exact) mass is 296 g/mol. The van der Waals surface area contributed by atoms with E-state index in [1.807, 2.05) is 18.2 Å². The lowest BCUT2D eigenvalue weighted by Crippen LogP contribution is -2.49. The maximum absolute atomic E-state index is 11.8. The van der Waals surface area contributed by atoms with E-state index in [1.54, 1.807) is 0 Å². The molecule has 0 bridgehead atoms. The third-order valence-electron chi connectivity index (χ3n) is 3.09. The Morgan fingerprint density at radius 1 is 1.43 bits per heavy atom. The first-order chi connectivity index (χ1) is 9.93. The summed E-state index contributed by atoms with van der Waals surface area (Å²) in [5.41, 5.74) is 6.48. The normalized spacial score (nSPS) is 16.6. The van der Waals surface area contributed by atoms with Gasteiger partial charge in [-0.1, -0.05) is 23.8 Å². The van der Waals surface area contributed by atoms with Crippen LogP contribution in [0.5, 0.6) is 0 Å². The summed E-state index contributed by atoms with van der Waals surface area (Å²) in [6.45, 7) is 0. The van der Waals surface area contributed by atoms with Gasteiger partial charge in [0.25, 0.3) is 0 Å². The quantitative estimate of drug-likeness (QED) is 0.453. The minimum absolute atomic E-state index is 0.322. The molecule has 0 aromatic carbocycles. The second kappa shape index (κ2) is 8.21. The van der Waals surface area contributed by atoms with Crippen LogP contribution < -0.4 is 11.1 Å². The third-order valence-corrected chi connectivity index (χ3v) is 3.09. The number of hydrogen-bond acceptors (Lipinski definition) is 5. The Balaban J connectivity index is 2.65. The summed E-state index contributed by atoms with van der Waals surface area (Å²) in [5, 5.41) is 11.1. The molecule has 0 saturated heterocycles. The molecule has 0 aliphatic heterocycles. The van der Waals surface area contributed by atoms with Gasteiger partial charge in [-0.25, -0.2) is 4.79 Å². The number of ether oxygens (including phenoxy) is 1. The van der Waals surface area contributed by atoms with E-state index in [1.165, 1.54) is 7.11 Å². The van der Waals surface area contributed by atoms with E-state index in [9.17, 15) is 14.4 Å². The van der Waals surface area contributed by atoms with Gasteiger partial charge < -0.3 is 20.9 Å². The molecule has 1 unspecified atom stereocenters. The van der Waals surface area contributed by atoms with E-state index in [-0.39, 0.29) is 0 Å². The van der Waals surface area contributed by atoms with Gasteiger partial charge in [-0.3, -0.25) is 9.59 Å². The van der Waals surface area contributed by atoms with Gasteiger partial charge in [0, 0.05) is 0 Å². The SMILES string of the molecule is COC(=O)C(CC1=CCC=CC1)NC(=O)[C@@H](N)CC(=O)O. The number of nitrogens with one attached hydrogen (secondary N) is 1. The Morgan fingerprint density at radius 3 is 2.67 bits per heavy atom. The number of nitrogens with two attached hydrogens (primary N) is 1. The van der Waals surface area contributed by atoms with Gasteiger partial charge in [0.05, 0.1) is 19.6 Å². The summed E-state index contributed by atoms with van der Waals surface area (Å²) in [6.07, 6.45) is 7.31. The molecule has 1 rings (SSSR count). The van der Waals surface area contributed by atoms with Crippen LogP contribution in [0, 0.1) is 0 Å². The first kappa shape index (κ1) is 16.9. The highest BCUT2D eigenvalue weighted by atomic mass is 16.5. The zero-order valence-electron chi connectivity index (χ0n) is 11.9. The highest BCUT2D eigenvalue weighted by Gasteiger charge is 2.26. The molecule has 21 heavy (non-hydrogen) atoms. The summed E-state index contributed by atoms with van der Waals surface area (Å²) < 4.78 is 4.66. The number of rotatable bonds is 7. The van der Waals surface area contributed by atoms with Crippen LogP contribution in [0.15, 0.2) is 23.8 Å². The van der Waals surface area contributed by atoms with Crippen molar-refractivity contribution in [3.63, 3.8) is 0 Å². The zero-order valence-corrected chi connectivity index (χ0v) is 11.9. The molecule has 1 aliphatic carbocycles. The molecule has 0 spiro atoms. The molecule has 1 aliphatic rings. The van der Waals surface area contributed by atoms with Gasteiger partial charge in [-0.15, -0.1) is 0 Å². The van der Waals surface area contributed by atoms with Gasteiger partial charge in [0.2, 0.25) is 5.91 Å². The predicted octanol–water partition coefficient (Wildman–Crippen LogP) is 0.113. The number of esters is 1. The molecule has 0 aromatic rings. The fourth-order valence-corrected chi connectivity index (χ4v) is 1.97. The summed E-state index contributed by atoms with van der Waals surface area (Å²) >= 11 is 0. The van der Waals surface area contributed by atoms with Crippen LogP contribution in [-0.2, 0) is 19.1 Å². The predicted molar refractivity (Wildman–Crippen MR) is 75.2 cm³/mol. The molecule has 0 saturated carbocycles. The van der Waals surface area contributed by atoms with E-state index in [4.69, 9.17) is 10.8 Å². The molecule has 0 fully saturated rings. The molecule has 2 atom stereocenters. The molecule has 4 N–H and O–H groups in total. The van der Waals surface area contributed by atoms with Crippen molar-refractivity contribution in [3.8, 4) is 0 Å². The molecule has 1 amide bonds. The smallest absolute Gasteiger partial charge is 0.328 e. The van der Waals surface area contributed by atoms with Gasteiger partial charge in [-0.2, -0.15) is 0 Å². The number of amides is 1. The number of carboxylic acids is 1. The number of methoxy groups -OCH3 is 1. The van der Waals surface area contributed by atoms with Crippen molar-refractivity contribution in [1.82, 2.24) is 5.32 Å². The van der Waals surface area contributed by atoms with E-state index >= 15 is 0 Å². The van der Waals surface area contributed by atoms with Gasteiger partial charge in [0.15, 0.2) is 0 Å². The Kier molecular flexibility index (Phi) is 6.61. The van der Waals surface area contributed by atoms with Crippen molar-refractivity contribution in [2.24, 2.45) is 5.73 Å². The van der Waals surface area contributed by atoms with Crippen molar-refractivity contribution < 1.29 is 24.2 Å². The van der Waals surface area contributed by atoms with E-state index in [2.05, 4.69) is 10.1 Å². The lowest BCUT2D eigenvalue weighted by molar-refractivity contribution is -0.145. The van der Waals surface area contributed by atoms with Crippen LogP contribution in [-0.4, -0.2) is 42.1 Å². The van der Waals surface area contributed by atoms with Crippen LogP contribution in [0.4, 0.5) is 0 Å². The van der Waals surface area contributed by atoms with Crippen molar-refractivity contribution >= 4 is 17.8 Å². The minimum atomic E-state index is -1.20. The van der Waals surface area contributed by atoms with Crippen molar-refractivity contribution in [2.45, 2.75) is 37.8 Å². The molecule has 7 nitrogen and oxygen atoms in total. The minimum Gasteiger partial charge on any atom is -0.481 e. The van der Waals surface area contributed by atoms with Crippen LogP contribution in [0.3, 0.4) is 0 Å². The van der Waals surface area contributed by atoms with Crippen LogP contribution in [0.2, 0.25) is 0 Å². The number of aliphatic carboxylic acids is 1.